The molecule has 2 rings (SSSR count). The monoisotopic (exact) mass is 265 g/mol. The number of aromatic nitrogens is 2. The number of hydrogen-bond acceptors (Lipinski definition) is 3. The summed E-state index contributed by atoms with van der Waals surface area (Å²) in [5.41, 5.74) is 7.50. The van der Waals surface area contributed by atoms with Gasteiger partial charge in [-0.15, -0.1) is 0 Å². The Bertz CT molecular complexity index is 394. The van der Waals surface area contributed by atoms with Crippen molar-refractivity contribution in [1.82, 2.24) is 9.78 Å². The molecule has 1 aliphatic carbocycles. The van der Waals surface area contributed by atoms with Gasteiger partial charge < -0.3 is 10.5 Å². The average Bonchev–Trinajstić information content (AvgIpc) is 2.83. The van der Waals surface area contributed by atoms with Crippen molar-refractivity contribution in [3.05, 3.63) is 11.9 Å². The van der Waals surface area contributed by atoms with Crippen LogP contribution in [0.5, 0.6) is 5.75 Å². The van der Waals surface area contributed by atoms with Crippen molar-refractivity contribution < 1.29 is 4.74 Å². The summed E-state index contributed by atoms with van der Waals surface area (Å²) in [5, 5.41) is 4.41. The summed E-state index contributed by atoms with van der Waals surface area (Å²) in [7, 11) is 1.69. The summed E-state index contributed by atoms with van der Waals surface area (Å²) in [5.74, 6) is 1.60. The first kappa shape index (κ1) is 14.4. The standard InChI is InChI=1S/C15H27N3O/c1-11(2)18-15(14(19-3)10-17-18)13(16)9-12-7-5-4-6-8-12/h10-13H,4-9,16H2,1-3H3. The highest BCUT2D eigenvalue weighted by atomic mass is 16.5. The van der Waals surface area contributed by atoms with Crippen LogP contribution in [0.15, 0.2) is 6.20 Å². The van der Waals surface area contributed by atoms with Gasteiger partial charge in [-0.2, -0.15) is 5.10 Å². The molecule has 1 aliphatic rings. The van der Waals surface area contributed by atoms with Gasteiger partial charge in [0.2, 0.25) is 0 Å². The summed E-state index contributed by atoms with van der Waals surface area (Å²) in [6, 6.07) is 0.347. The van der Waals surface area contributed by atoms with Gasteiger partial charge in [0.25, 0.3) is 0 Å². The van der Waals surface area contributed by atoms with Gasteiger partial charge in [-0.3, -0.25) is 4.68 Å². The molecule has 1 aromatic rings. The van der Waals surface area contributed by atoms with Crippen molar-refractivity contribution in [2.24, 2.45) is 11.7 Å². The minimum atomic E-state index is 0.0305. The van der Waals surface area contributed by atoms with Crippen LogP contribution in [0.1, 0.15) is 70.2 Å². The molecule has 1 fully saturated rings. The number of hydrogen-bond donors (Lipinski definition) is 1. The molecule has 19 heavy (non-hydrogen) atoms. The van der Waals surface area contributed by atoms with Gasteiger partial charge in [-0.1, -0.05) is 32.1 Å². The highest BCUT2D eigenvalue weighted by molar-refractivity contribution is 5.28. The molecule has 1 unspecified atom stereocenters. The van der Waals surface area contributed by atoms with Gasteiger partial charge in [-0.25, -0.2) is 0 Å². The van der Waals surface area contributed by atoms with E-state index in [2.05, 4.69) is 18.9 Å². The Balaban J connectivity index is 2.12. The van der Waals surface area contributed by atoms with E-state index in [4.69, 9.17) is 10.5 Å². The van der Waals surface area contributed by atoms with E-state index in [0.717, 1.165) is 23.8 Å². The molecule has 4 heteroatoms. The van der Waals surface area contributed by atoms with E-state index < -0.39 is 0 Å². The third-order valence-corrected chi connectivity index (χ3v) is 4.17. The zero-order valence-electron chi connectivity index (χ0n) is 12.4. The lowest BCUT2D eigenvalue weighted by atomic mass is 9.84. The largest absolute Gasteiger partial charge is 0.493 e. The van der Waals surface area contributed by atoms with Crippen LogP contribution in [0.25, 0.3) is 0 Å². The third kappa shape index (κ3) is 3.30. The summed E-state index contributed by atoms with van der Waals surface area (Å²) in [6.07, 6.45) is 9.59. The second-order valence-corrected chi connectivity index (χ2v) is 5.98. The number of ether oxygens (including phenoxy) is 1. The van der Waals surface area contributed by atoms with Crippen LogP contribution in [-0.2, 0) is 0 Å². The van der Waals surface area contributed by atoms with Crippen LogP contribution in [0.4, 0.5) is 0 Å². The first-order valence-corrected chi connectivity index (χ1v) is 7.50. The van der Waals surface area contributed by atoms with E-state index in [1.165, 1.54) is 32.1 Å². The van der Waals surface area contributed by atoms with Gasteiger partial charge in [0.05, 0.1) is 25.0 Å². The summed E-state index contributed by atoms with van der Waals surface area (Å²) in [6.45, 7) is 4.26. The number of methoxy groups -OCH3 is 1. The van der Waals surface area contributed by atoms with Crippen LogP contribution in [0, 0.1) is 5.92 Å². The molecule has 1 atom stereocenters. The van der Waals surface area contributed by atoms with E-state index in [1.807, 2.05) is 4.68 Å². The second kappa shape index (κ2) is 6.42. The molecule has 1 heterocycles. The summed E-state index contributed by atoms with van der Waals surface area (Å²) in [4.78, 5) is 0. The molecule has 1 saturated carbocycles. The fraction of sp³-hybridized carbons (Fsp3) is 0.800. The van der Waals surface area contributed by atoms with Crippen molar-refractivity contribution >= 4 is 0 Å². The van der Waals surface area contributed by atoms with Gasteiger partial charge in [-0.05, 0) is 26.2 Å². The van der Waals surface area contributed by atoms with Crippen LogP contribution in [0.2, 0.25) is 0 Å². The Morgan fingerprint density at radius 3 is 2.63 bits per heavy atom. The van der Waals surface area contributed by atoms with Gasteiger partial charge in [0.1, 0.15) is 0 Å². The predicted molar refractivity (Wildman–Crippen MR) is 77.3 cm³/mol. The van der Waals surface area contributed by atoms with Crippen LogP contribution in [-0.4, -0.2) is 16.9 Å². The molecule has 1 aromatic heterocycles. The molecular weight excluding hydrogens is 238 g/mol. The average molecular weight is 265 g/mol. The second-order valence-electron chi connectivity index (χ2n) is 5.98. The van der Waals surface area contributed by atoms with Crippen molar-refractivity contribution in [3.8, 4) is 5.75 Å². The number of rotatable bonds is 5. The molecule has 108 valence electrons. The van der Waals surface area contributed by atoms with Crippen LogP contribution >= 0.6 is 0 Å². The first-order valence-electron chi connectivity index (χ1n) is 7.50. The van der Waals surface area contributed by atoms with E-state index >= 15 is 0 Å². The number of nitrogens with zero attached hydrogens (tertiary/aromatic N) is 2. The van der Waals surface area contributed by atoms with Crippen LogP contribution < -0.4 is 10.5 Å². The maximum absolute atomic E-state index is 6.44. The fourth-order valence-electron chi connectivity index (χ4n) is 3.17. The van der Waals surface area contributed by atoms with Gasteiger partial charge in [0.15, 0.2) is 5.75 Å². The summed E-state index contributed by atoms with van der Waals surface area (Å²) < 4.78 is 7.43. The Kier molecular flexibility index (Phi) is 4.86. The smallest absolute Gasteiger partial charge is 0.161 e. The topological polar surface area (TPSA) is 53.1 Å². The zero-order valence-corrected chi connectivity index (χ0v) is 12.4. The molecule has 2 N–H and O–H groups in total. The SMILES string of the molecule is COc1cnn(C(C)C)c1C(N)CC1CCCCC1. The minimum absolute atomic E-state index is 0.0305. The molecule has 0 spiro atoms. The Morgan fingerprint density at radius 1 is 1.37 bits per heavy atom. The van der Waals surface area contributed by atoms with Crippen molar-refractivity contribution in [1.29, 1.82) is 0 Å². The summed E-state index contributed by atoms with van der Waals surface area (Å²) >= 11 is 0. The van der Waals surface area contributed by atoms with Crippen molar-refractivity contribution in [2.75, 3.05) is 7.11 Å². The maximum Gasteiger partial charge on any atom is 0.161 e. The van der Waals surface area contributed by atoms with E-state index in [0.29, 0.717) is 6.04 Å². The molecule has 0 saturated heterocycles. The molecule has 4 nitrogen and oxygen atoms in total. The number of nitrogens with two attached hydrogens (primary N) is 1. The van der Waals surface area contributed by atoms with E-state index in [-0.39, 0.29) is 6.04 Å². The predicted octanol–water partition coefficient (Wildman–Crippen LogP) is 3.44. The Hall–Kier alpha value is -1.03. The fourth-order valence-corrected chi connectivity index (χ4v) is 3.17. The lowest BCUT2D eigenvalue weighted by Crippen LogP contribution is -2.22. The van der Waals surface area contributed by atoms with Gasteiger partial charge >= 0.3 is 0 Å². The highest BCUT2D eigenvalue weighted by Gasteiger charge is 2.24. The quantitative estimate of drug-likeness (QED) is 0.887. The zero-order chi connectivity index (χ0) is 13.8. The molecule has 0 radical (unpaired) electrons. The molecule has 0 aliphatic heterocycles. The lowest BCUT2D eigenvalue weighted by Gasteiger charge is -2.26. The molecule has 0 bridgehead atoms. The van der Waals surface area contributed by atoms with Crippen LogP contribution in [0.3, 0.4) is 0 Å². The first-order chi connectivity index (χ1) is 9.13. The highest BCUT2D eigenvalue weighted by Crippen LogP contribution is 2.34. The molecular formula is C15H27N3O. The van der Waals surface area contributed by atoms with E-state index in [9.17, 15) is 0 Å². The van der Waals surface area contributed by atoms with Gasteiger partial charge in [0, 0.05) is 6.04 Å². The molecule has 0 amide bonds. The normalized spacial score (nSPS) is 18.8. The minimum Gasteiger partial charge on any atom is -0.493 e. The molecule has 0 aromatic carbocycles. The third-order valence-electron chi connectivity index (χ3n) is 4.17. The lowest BCUT2D eigenvalue weighted by molar-refractivity contribution is 0.307. The van der Waals surface area contributed by atoms with E-state index in [1.54, 1.807) is 13.3 Å². The van der Waals surface area contributed by atoms with Crippen molar-refractivity contribution in [2.45, 2.75) is 64.5 Å². The Morgan fingerprint density at radius 2 is 2.05 bits per heavy atom. The Labute approximate surface area is 116 Å². The maximum atomic E-state index is 6.44. The van der Waals surface area contributed by atoms with Crippen molar-refractivity contribution in [3.63, 3.8) is 0 Å².